The van der Waals surface area contributed by atoms with Gasteiger partial charge in [0.2, 0.25) is 23.6 Å². The summed E-state index contributed by atoms with van der Waals surface area (Å²) in [5.74, 6) is -1.28. The lowest BCUT2D eigenvalue weighted by Crippen LogP contribution is -2.53. The molecule has 8 rings (SSSR count). The molecule has 4 aliphatic rings. The number of nitrogens with zero attached hydrogens (tertiary/aromatic N) is 1. The van der Waals surface area contributed by atoms with Crippen molar-refractivity contribution in [1.29, 1.82) is 0 Å². The first kappa shape index (κ1) is 31.1. The number of halogens is 3. The Morgan fingerprint density at radius 1 is 0.644 bits per heavy atom. The molecule has 0 bridgehead atoms. The van der Waals surface area contributed by atoms with Crippen molar-refractivity contribution in [2.75, 3.05) is 10.2 Å². The predicted molar refractivity (Wildman–Crippen MR) is 179 cm³/mol. The van der Waals surface area contributed by atoms with Gasteiger partial charge in [-0.15, -0.1) is 0 Å². The van der Waals surface area contributed by atoms with Gasteiger partial charge in [0.05, 0.1) is 10.5 Å². The molecule has 0 aliphatic carbocycles. The Morgan fingerprint density at radius 2 is 1.24 bits per heavy atom. The van der Waals surface area contributed by atoms with Gasteiger partial charge in [0, 0.05) is 49.4 Å². The maximum atomic E-state index is 12.8. The van der Waals surface area contributed by atoms with Crippen LogP contribution in [0.4, 0.5) is 11.4 Å². The molecule has 0 saturated carbocycles. The summed E-state index contributed by atoms with van der Waals surface area (Å²) in [6, 6.07) is 18.2. The van der Waals surface area contributed by atoms with Crippen LogP contribution in [-0.4, -0.2) is 46.3 Å². The van der Waals surface area contributed by atoms with Gasteiger partial charge in [-0.2, -0.15) is 0 Å². The van der Waals surface area contributed by atoms with Crippen molar-refractivity contribution in [2.24, 2.45) is 0 Å². The Labute approximate surface area is 281 Å². The third-order valence-electron chi connectivity index (χ3n) is 7.85. The quantitative estimate of drug-likeness (QED) is 0.166. The molecular formula is C32H23Br3N4O6. The van der Waals surface area contributed by atoms with Crippen LogP contribution in [0.2, 0.25) is 0 Å². The summed E-state index contributed by atoms with van der Waals surface area (Å²) >= 11 is 10.1. The molecule has 10 nitrogen and oxygen atoms in total. The molecule has 4 aromatic carbocycles. The first-order valence-corrected chi connectivity index (χ1v) is 16.4. The van der Waals surface area contributed by atoms with Gasteiger partial charge in [-0.3, -0.25) is 44.3 Å². The van der Waals surface area contributed by atoms with E-state index in [1.165, 1.54) is 4.90 Å². The lowest BCUT2D eigenvalue weighted by atomic mass is 10.0. The maximum Gasteiger partial charge on any atom is 0.259 e. The number of imide groups is 2. The number of rotatable bonds is 1. The lowest BCUT2D eigenvalue weighted by molar-refractivity contribution is -0.135. The zero-order valence-electron chi connectivity index (χ0n) is 23.3. The molecule has 4 heterocycles. The largest absolute Gasteiger partial charge is 0.321 e. The number of carbonyl (C=O) groups excluding carboxylic acids is 6. The summed E-state index contributed by atoms with van der Waals surface area (Å²) in [5, 5.41) is 11.3. The smallest absolute Gasteiger partial charge is 0.259 e. The summed E-state index contributed by atoms with van der Waals surface area (Å²) in [4.78, 5) is 70.2. The number of piperidine rings is 2. The third kappa shape index (κ3) is 5.80. The summed E-state index contributed by atoms with van der Waals surface area (Å²) in [5.41, 5.74) is 2.99. The van der Waals surface area contributed by atoms with Gasteiger partial charge in [0.25, 0.3) is 11.8 Å². The van der Waals surface area contributed by atoms with Crippen molar-refractivity contribution in [2.45, 2.75) is 36.6 Å². The van der Waals surface area contributed by atoms with Crippen molar-refractivity contribution in [3.63, 3.8) is 0 Å². The second kappa shape index (κ2) is 12.5. The number of hydrogen-bond donors (Lipinski definition) is 3. The molecule has 2 saturated heterocycles. The summed E-state index contributed by atoms with van der Waals surface area (Å²) in [6.07, 6.45) is 1.66. The van der Waals surface area contributed by atoms with Crippen LogP contribution in [0.3, 0.4) is 0 Å². The van der Waals surface area contributed by atoms with Crippen LogP contribution in [0, 0.1) is 0 Å². The number of hydrogen-bond acceptors (Lipinski definition) is 6. The van der Waals surface area contributed by atoms with Crippen LogP contribution in [0.1, 0.15) is 46.4 Å². The molecule has 0 spiro atoms. The first-order valence-electron chi connectivity index (χ1n) is 13.9. The number of alkyl halides is 1. The fourth-order valence-corrected chi connectivity index (χ4v) is 7.00. The van der Waals surface area contributed by atoms with Crippen LogP contribution >= 0.6 is 47.8 Å². The van der Waals surface area contributed by atoms with Gasteiger partial charge in [0.15, 0.2) is 0 Å². The van der Waals surface area contributed by atoms with Gasteiger partial charge >= 0.3 is 0 Å². The number of amides is 6. The minimum absolute atomic E-state index is 0.0105. The van der Waals surface area contributed by atoms with E-state index in [-0.39, 0.29) is 40.8 Å². The second-order valence-corrected chi connectivity index (χ2v) is 13.4. The maximum absolute atomic E-state index is 12.8. The Morgan fingerprint density at radius 3 is 1.89 bits per heavy atom. The molecule has 2 fully saturated rings. The molecule has 2 unspecified atom stereocenters. The third-order valence-corrected chi connectivity index (χ3v) is 10.1. The van der Waals surface area contributed by atoms with E-state index in [9.17, 15) is 28.8 Å². The van der Waals surface area contributed by atoms with Gasteiger partial charge in [0.1, 0.15) is 6.04 Å². The molecular weight excluding hydrogens is 776 g/mol. The minimum atomic E-state index is -0.637. The molecule has 2 atom stereocenters. The van der Waals surface area contributed by atoms with E-state index < -0.39 is 11.9 Å². The molecule has 3 N–H and O–H groups in total. The fraction of sp³-hybridized carbons (Fsp3) is 0.188. The zero-order valence-corrected chi connectivity index (χ0v) is 28.0. The minimum Gasteiger partial charge on any atom is -0.321 e. The summed E-state index contributed by atoms with van der Waals surface area (Å²) in [7, 11) is 0. The normalized spacial score (nSPS) is 19.8. The molecule has 4 aromatic rings. The van der Waals surface area contributed by atoms with E-state index >= 15 is 0 Å². The zero-order chi connectivity index (χ0) is 32.0. The Kier molecular flexibility index (Phi) is 8.59. The van der Waals surface area contributed by atoms with Crippen molar-refractivity contribution in [3.8, 4) is 0 Å². The Hall–Kier alpha value is -3.94. The van der Waals surface area contributed by atoms with Crippen LogP contribution in [0.5, 0.6) is 0 Å². The standard InChI is InChI=1S/C16H11BrN2O3.C11H6BrNO.C5H6BrNO2/c17-10-4-5-11-14-8(10)2-1-3-9(14)16(22)19(11)12-6-7-13(20)18-15(12)21;12-8-4-5-9-10-6(8)2-1-3-7(10)11(14)13-9;6-3-1-2-4(8)7-5(3)9/h1-5,12H,6-7H2,(H,18,20,21);1-5H,(H,13,14);3H,1-2H2,(H,7,8,9). The van der Waals surface area contributed by atoms with E-state index in [0.717, 1.165) is 47.4 Å². The lowest BCUT2D eigenvalue weighted by Gasteiger charge is -2.30. The molecule has 13 heteroatoms. The van der Waals surface area contributed by atoms with Crippen molar-refractivity contribution >= 4 is 116 Å². The van der Waals surface area contributed by atoms with E-state index in [1.54, 1.807) is 6.07 Å². The molecule has 228 valence electrons. The highest BCUT2D eigenvalue weighted by atomic mass is 79.9. The Balaban J connectivity index is 0.000000132. The van der Waals surface area contributed by atoms with Gasteiger partial charge in [-0.25, -0.2) is 0 Å². The Bertz CT molecular complexity index is 1980. The van der Waals surface area contributed by atoms with Crippen LogP contribution < -0.4 is 20.9 Å². The second-order valence-electron chi connectivity index (χ2n) is 10.6. The molecule has 45 heavy (non-hydrogen) atoms. The highest BCUT2D eigenvalue weighted by molar-refractivity contribution is 9.11. The average molecular weight is 799 g/mol. The summed E-state index contributed by atoms with van der Waals surface area (Å²) < 4.78 is 1.93. The van der Waals surface area contributed by atoms with Crippen molar-refractivity contribution < 1.29 is 28.8 Å². The highest BCUT2D eigenvalue weighted by Crippen LogP contribution is 2.42. The number of carbonyl (C=O) groups is 6. The van der Waals surface area contributed by atoms with E-state index in [2.05, 4.69) is 63.7 Å². The summed E-state index contributed by atoms with van der Waals surface area (Å²) in [6.45, 7) is 0. The van der Waals surface area contributed by atoms with Crippen LogP contribution in [0.15, 0.2) is 69.6 Å². The van der Waals surface area contributed by atoms with Gasteiger partial charge < -0.3 is 5.32 Å². The molecule has 4 aliphatic heterocycles. The van der Waals surface area contributed by atoms with E-state index in [0.29, 0.717) is 24.8 Å². The van der Waals surface area contributed by atoms with Crippen LogP contribution in [-0.2, 0) is 19.2 Å². The highest BCUT2D eigenvalue weighted by Gasteiger charge is 2.40. The number of nitrogens with one attached hydrogen (secondary N) is 3. The number of anilines is 2. The average Bonchev–Trinajstić information content (AvgIpc) is 3.50. The molecule has 0 radical (unpaired) electrons. The van der Waals surface area contributed by atoms with E-state index in [1.807, 2.05) is 54.6 Å². The van der Waals surface area contributed by atoms with Gasteiger partial charge in [-0.05, 0) is 60.0 Å². The van der Waals surface area contributed by atoms with Crippen molar-refractivity contribution in [3.05, 3.63) is 80.7 Å². The monoisotopic (exact) mass is 796 g/mol. The fourth-order valence-electron chi connectivity index (χ4n) is 5.73. The number of benzene rings is 4. The van der Waals surface area contributed by atoms with Crippen molar-refractivity contribution in [1.82, 2.24) is 10.6 Å². The van der Waals surface area contributed by atoms with Crippen LogP contribution in [0.25, 0.3) is 21.5 Å². The first-order chi connectivity index (χ1) is 21.5. The molecule has 6 amide bonds. The van der Waals surface area contributed by atoms with E-state index in [4.69, 9.17) is 0 Å². The predicted octanol–water partition coefficient (Wildman–Crippen LogP) is 5.72. The molecule has 0 aromatic heterocycles. The SMILES string of the molecule is O=C1CCC(Br)C(=O)N1.O=C1CCC(N2C(=O)c3cccc4c(Br)ccc2c34)C(=O)N1.O=C1Nc2ccc(Br)c3cccc1c23. The topological polar surface area (TPSA) is 142 Å². The van der Waals surface area contributed by atoms with Gasteiger partial charge in [-0.1, -0.05) is 72.1 Å².